The summed E-state index contributed by atoms with van der Waals surface area (Å²) >= 11 is 0. The highest BCUT2D eigenvalue weighted by atomic mass is 16.4. The van der Waals surface area contributed by atoms with E-state index in [0.717, 1.165) is 11.3 Å². The van der Waals surface area contributed by atoms with Gasteiger partial charge in [0.2, 0.25) is 5.91 Å². The average molecular weight is 381 g/mol. The molecule has 2 heterocycles. The number of fused-ring (bicyclic) bond motifs is 1. The van der Waals surface area contributed by atoms with E-state index in [1.54, 1.807) is 12.3 Å². The molecule has 1 amide bonds. The second kappa shape index (κ2) is 7.59. The van der Waals surface area contributed by atoms with Gasteiger partial charge in [0.25, 0.3) is 0 Å². The minimum atomic E-state index is -0.461. The van der Waals surface area contributed by atoms with E-state index in [1.165, 1.54) is 4.57 Å². The summed E-state index contributed by atoms with van der Waals surface area (Å²) in [4.78, 5) is 29.1. The molecule has 0 saturated heterocycles. The van der Waals surface area contributed by atoms with E-state index in [9.17, 15) is 14.7 Å². The van der Waals surface area contributed by atoms with Gasteiger partial charge in [0.05, 0.1) is 23.4 Å². The normalized spacial score (nSPS) is 19.9. The van der Waals surface area contributed by atoms with Crippen LogP contribution < -0.4 is 11.1 Å². The highest BCUT2D eigenvalue weighted by Gasteiger charge is 2.36. The summed E-state index contributed by atoms with van der Waals surface area (Å²) in [5.41, 5.74) is 3.02. The molecular formula is C21H23N3O4. The number of aromatic nitrogens is 2. The van der Waals surface area contributed by atoms with Crippen molar-refractivity contribution in [2.75, 3.05) is 0 Å². The molecule has 7 heteroatoms. The van der Waals surface area contributed by atoms with Crippen molar-refractivity contribution in [3.05, 3.63) is 64.4 Å². The maximum Gasteiger partial charge on any atom is 0.419 e. The molecule has 3 aromatic rings. The number of nitrogens with one attached hydrogen (secondary N) is 1. The Hall–Kier alpha value is -2.93. The molecule has 1 fully saturated rings. The van der Waals surface area contributed by atoms with Crippen LogP contribution >= 0.6 is 0 Å². The maximum absolute atomic E-state index is 12.6. The third kappa shape index (κ3) is 3.71. The molecule has 4 rings (SSSR count). The lowest BCUT2D eigenvalue weighted by molar-refractivity contribution is -0.123. The Morgan fingerprint density at radius 1 is 1.36 bits per heavy atom. The second-order valence-electron chi connectivity index (χ2n) is 7.43. The minimum absolute atomic E-state index is 0.154. The van der Waals surface area contributed by atoms with Crippen molar-refractivity contribution < 1.29 is 14.3 Å². The van der Waals surface area contributed by atoms with Crippen LogP contribution in [0.3, 0.4) is 0 Å². The van der Waals surface area contributed by atoms with Crippen molar-refractivity contribution in [3.63, 3.8) is 0 Å². The van der Waals surface area contributed by atoms with Crippen molar-refractivity contribution >= 4 is 17.0 Å². The number of amides is 1. The van der Waals surface area contributed by atoms with Gasteiger partial charge in [0.1, 0.15) is 0 Å². The molecule has 2 N–H and O–H groups in total. The second-order valence-corrected chi connectivity index (χ2v) is 7.43. The first-order valence-corrected chi connectivity index (χ1v) is 9.49. The lowest BCUT2D eigenvalue weighted by Crippen LogP contribution is -2.42. The Morgan fingerprint density at radius 3 is 2.89 bits per heavy atom. The summed E-state index contributed by atoms with van der Waals surface area (Å²) in [6, 6.07) is 10.9. The summed E-state index contributed by atoms with van der Waals surface area (Å²) in [6.45, 7) is 2.18. The van der Waals surface area contributed by atoms with Crippen LogP contribution in [-0.2, 0) is 11.3 Å². The Kier molecular flexibility index (Phi) is 5.00. The van der Waals surface area contributed by atoms with Crippen molar-refractivity contribution in [3.8, 4) is 0 Å². The van der Waals surface area contributed by atoms with Gasteiger partial charge in [-0.05, 0) is 55.5 Å². The number of aliphatic hydroxyl groups excluding tert-OH is 1. The van der Waals surface area contributed by atoms with Crippen LogP contribution in [0.2, 0.25) is 0 Å². The Bertz CT molecular complexity index is 1030. The van der Waals surface area contributed by atoms with Crippen molar-refractivity contribution in [2.45, 2.75) is 44.9 Å². The highest BCUT2D eigenvalue weighted by Crippen LogP contribution is 2.37. The average Bonchev–Trinajstić information content (AvgIpc) is 2.97. The SMILES string of the molecule is Cc1ccc2oc(=O)n(CCC(=O)NC(c3ccccn3)C3CC(O)C3)c2c1. The molecule has 0 aliphatic heterocycles. The van der Waals surface area contributed by atoms with Crippen LogP contribution in [0.4, 0.5) is 0 Å². The topological polar surface area (TPSA) is 97.4 Å². The third-order valence-electron chi connectivity index (χ3n) is 5.33. The van der Waals surface area contributed by atoms with Gasteiger partial charge in [-0.1, -0.05) is 12.1 Å². The fraction of sp³-hybridized carbons (Fsp3) is 0.381. The summed E-state index contributed by atoms with van der Waals surface area (Å²) in [5.74, 6) is -0.461. The minimum Gasteiger partial charge on any atom is -0.408 e. The molecule has 1 saturated carbocycles. The van der Waals surface area contributed by atoms with E-state index >= 15 is 0 Å². The number of pyridine rings is 1. The zero-order valence-electron chi connectivity index (χ0n) is 15.7. The van der Waals surface area contributed by atoms with Crippen LogP contribution in [0, 0.1) is 12.8 Å². The largest absolute Gasteiger partial charge is 0.419 e. The van der Waals surface area contributed by atoms with Gasteiger partial charge >= 0.3 is 5.76 Å². The molecular weight excluding hydrogens is 358 g/mol. The fourth-order valence-corrected chi connectivity index (χ4v) is 3.74. The standard InChI is InChI=1S/C21H23N3O4/c1-13-5-6-18-17(10-13)24(21(27)28-18)9-7-19(26)23-20(14-11-15(25)12-14)16-4-2-3-8-22-16/h2-6,8,10,14-15,20,25H,7,9,11-12H2,1H3,(H,23,26). The Balaban J connectivity index is 1.47. The van der Waals surface area contributed by atoms with Gasteiger partial charge in [-0.3, -0.25) is 14.3 Å². The molecule has 0 radical (unpaired) electrons. The van der Waals surface area contributed by atoms with Crippen molar-refractivity contribution in [2.24, 2.45) is 5.92 Å². The van der Waals surface area contributed by atoms with Gasteiger partial charge in [0, 0.05) is 19.2 Å². The van der Waals surface area contributed by atoms with Gasteiger partial charge in [-0.25, -0.2) is 4.79 Å². The van der Waals surface area contributed by atoms with Crippen molar-refractivity contribution in [1.29, 1.82) is 0 Å². The smallest absolute Gasteiger partial charge is 0.408 e. The summed E-state index contributed by atoms with van der Waals surface area (Å²) in [6.07, 6.45) is 2.83. The quantitative estimate of drug-likeness (QED) is 0.683. The molecule has 1 atom stereocenters. The van der Waals surface area contributed by atoms with Crippen LogP contribution in [0.15, 0.2) is 51.8 Å². The van der Waals surface area contributed by atoms with Crippen molar-refractivity contribution in [1.82, 2.24) is 14.9 Å². The molecule has 2 aromatic heterocycles. The monoisotopic (exact) mass is 381 g/mol. The number of hydrogen-bond donors (Lipinski definition) is 2. The molecule has 1 unspecified atom stereocenters. The number of rotatable bonds is 6. The lowest BCUT2D eigenvalue weighted by atomic mass is 9.76. The van der Waals surface area contributed by atoms with E-state index in [2.05, 4.69) is 10.3 Å². The third-order valence-corrected chi connectivity index (χ3v) is 5.33. The van der Waals surface area contributed by atoms with E-state index < -0.39 is 5.76 Å². The predicted octanol–water partition coefficient (Wildman–Crippen LogP) is 2.32. The number of benzene rings is 1. The first-order chi connectivity index (χ1) is 13.5. The summed E-state index contributed by atoms with van der Waals surface area (Å²) < 4.78 is 6.74. The van der Waals surface area contributed by atoms with Gasteiger partial charge in [0.15, 0.2) is 5.58 Å². The first kappa shape index (κ1) is 18.4. The van der Waals surface area contributed by atoms with Crippen LogP contribution in [0.25, 0.3) is 11.1 Å². The van der Waals surface area contributed by atoms with E-state index in [0.29, 0.717) is 23.9 Å². The van der Waals surface area contributed by atoms with E-state index in [-0.39, 0.29) is 36.9 Å². The first-order valence-electron chi connectivity index (χ1n) is 9.49. The lowest BCUT2D eigenvalue weighted by Gasteiger charge is -2.37. The zero-order valence-corrected chi connectivity index (χ0v) is 15.7. The predicted molar refractivity (Wildman–Crippen MR) is 104 cm³/mol. The van der Waals surface area contributed by atoms with Gasteiger partial charge in [-0.15, -0.1) is 0 Å². The van der Waals surface area contributed by atoms with Crippen LogP contribution in [-0.4, -0.2) is 26.7 Å². The molecule has 28 heavy (non-hydrogen) atoms. The number of nitrogens with zero attached hydrogens (tertiary/aromatic N) is 2. The summed E-state index contributed by atoms with van der Waals surface area (Å²) in [5, 5.41) is 12.7. The molecule has 1 aromatic carbocycles. The molecule has 146 valence electrons. The maximum atomic E-state index is 12.6. The number of carbonyl (C=O) groups excluding carboxylic acids is 1. The number of oxazole rings is 1. The highest BCUT2D eigenvalue weighted by molar-refractivity contribution is 5.77. The molecule has 1 aliphatic carbocycles. The Labute approximate surface area is 162 Å². The molecule has 0 spiro atoms. The fourth-order valence-electron chi connectivity index (χ4n) is 3.74. The molecule has 1 aliphatic rings. The Morgan fingerprint density at radius 2 is 2.18 bits per heavy atom. The van der Waals surface area contributed by atoms with E-state index in [4.69, 9.17) is 4.42 Å². The number of aliphatic hydroxyl groups is 1. The zero-order chi connectivity index (χ0) is 19.7. The number of hydrogen-bond acceptors (Lipinski definition) is 5. The summed E-state index contributed by atoms with van der Waals surface area (Å²) in [7, 11) is 0. The van der Waals surface area contributed by atoms with Crippen LogP contribution in [0.1, 0.15) is 36.6 Å². The van der Waals surface area contributed by atoms with E-state index in [1.807, 2.05) is 37.3 Å². The number of carbonyl (C=O) groups is 1. The number of aryl methyl sites for hydroxylation is 2. The molecule has 0 bridgehead atoms. The van der Waals surface area contributed by atoms with Gasteiger partial charge in [-0.2, -0.15) is 0 Å². The molecule has 7 nitrogen and oxygen atoms in total. The van der Waals surface area contributed by atoms with Crippen LogP contribution in [0.5, 0.6) is 0 Å². The van der Waals surface area contributed by atoms with Gasteiger partial charge < -0.3 is 14.8 Å².